The summed E-state index contributed by atoms with van der Waals surface area (Å²) in [6.07, 6.45) is 0. The molecule has 1 N–H and O–H groups in total. The lowest BCUT2D eigenvalue weighted by molar-refractivity contribution is 0.0342. The van der Waals surface area contributed by atoms with E-state index in [2.05, 4.69) is 15.2 Å². The average Bonchev–Trinajstić information content (AvgIpc) is 2.97. The summed E-state index contributed by atoms with van der Waals surface area (Å²) in [5, 5.41) is 4.56. The molecule has 0 spiro atoms. The summed E-state index contributed by atoms with van der Waals surface area (Å²) in [5.74, 6) is -0.0657. The molecule has 1 aliphatic rings. The molecule has 1 aliphatic heterocycles. The van der Waals surface area contributed by atoms with Crippen LogP contribution in [0.2, 0.25) is 5.02 Å². The third kappa shape index (κ3) is 4.79. The van der Waals surface area contributed by atoms with Crippen LogP contribution in [0.25, 0.3) is 10.6 Å². The molecule has 3 rings (SSSR count). The van der Waals surface area contributed by atoms with Crippen LogP contribution in [0, 0.1) is 6.92 Å². The van der Waals surface area contributed by atoms with Gasteiger partial charge in [-0.3, -0.25) is 9.69 Å². The zero-order valence-electron chi connectivity index (χ0n) is 14.4. The smallest absolute Gasteiger partial charge is 0.263 e. The van der Waals surface area contributed by atoms with Gasteiger partial charge in [0, 0.05) is 36.3 Å². The number of thiazole rings is 1. The van der Waals surface area contributed by atoms with Crippen molar-refractivity contribution >= 4 is 28.8 Å². The van der Waals surface area contributed by atoms with Crippen molar-refractivity contribution < 1.29 is 9.53 Å². The van der Waals surface area contributed by atoms with Crippen LogP contribution < -0.4 is 5.32 Å². The Labute approximate surface area is 157 Å². The molecule has 1 aromatic carbocycles. The number of halogens is 1. The van der Waals surface area contributed by atoms with E-state index < -0.39 is 0 Å². The third-order valence-electron chi connectivity index (χ3n) is 4.09. The number of morpholine rings is 1. The van der Waals surface area contributed by atoms with Gasteiger partial charge in [0.1, 0.15) is 9.88 Å². The number of hydrogen-bond donors (Lipinski definition) is 1. The summed E-state index contributed by atoms with van der Waals surface area (Å²) < 4.78 is 5.36. The average molecular weight is 380 g/mol. The topological polar surface area (TPSA) is 54.5 Å². The zero-order chi connectivity index (χ0) is 17.8. The summed E-state index contributed by atoms with van der Waals surface area (Å²) in [5.41, 5.74) is 1.68. The maximum atomic E-state index is 12.6. The Kier molecular flexibility index (Phi) is 6.06. The number of carbonyl (C=O) groups excluding carboxylic acids is 1. The minimum absolute atomic E-state index is 0.0657. The third-order valence-corrected chi connectivity index (χ3v) is 5.53. The molecule has 1 saturated heterocycles. The van der Waals surface area contributed by atoms with Crippen molar-refractivity contribution in [1.82, 2.24) is 15.2 Å². The normalized spacial score (nSPS) is 16.6. The summed E-state index contributed by atoms with van der Waals surface area (Å²) in [6.45, 7) is 8.08. The van der Waals surface area contributed by atoms with E-state index >= 15 is 0 Å². The van der Waals surface area contributed by atoms with E-state index in [0.29, 0.717) is 9.90 Å². The van der Waals surface area contributed by atoms with Gasteiger partial charge in [-0.1, -0.05) is 23.7 Å². The molecule has 1 amide bonds. The molecular weight excluding hydrogens is 358 g/mol. The number of aromatic nitrogens is 1. The number of benzene rings is 1. The monoisotopic (exact) mass is 379 g/mol. The fourth-order valence-corrected chi connectivity index (χ4v) is 4.01. The first-order valence-corrected chi connectivity index (χ1v) is 9.56. The van der Waals surface area contributed by atoms with Crippen LogP contribution in [-0.4, -0.2) is 54.7 Å². The van der Waals surface area contributed by atoms with Crippen molar-refractivity contribution in [3.63, 3.8) is 0 Å². The Balaban J connectivity index is 1.65. The van der Waals surface area contributed by atoms with Gasteiger partial charge in [0.25, 0.3) is 5.91 Å². The predicted octanol–water partition coefficient (Wildman–Crippen LogP) is 3.22. The van der Waals surface area contributed by atoms with Crippen LogP contribution >= 0.6 is 22.9 Å². The molecular formula is C18H22ClN3O2S. The van der Waals surface area contributed by atoms with E-state index in [0.717, 1.165) is 49.1 Å². The molecule has 2 heterocycles. The lowest BCUT2D eigenvalue weighted by atomic mass is 10.2. The summed E-state index contributed by atoms with van der Waals surface area (Å²) in [6, 6.07) is 7.60. The van der Waals surface area contributed by atoms with Gasteiger partial charge in [0.05, 0.1) is 18.9 Å². The molecule has 25 heavy (non-hydrogen) atoms. The molecule has 134 valence electrons. The Hall–Kier alpha value is -1.47. The highest BCUT2D eigenvalue weighted by atomic mass is 35.5. The molecule has 5 nitrogen and oxygen atoms in total. The number of nitrogens with zero attached hydrogens (tertiary/aromatic N) is 2. The molecule has 0 bridgehead atoms. The molecule has 2 aromatic rings. The zero-order valence-corrected chi connectivity index (χ0v) is 16.0. The van der Waals surface area contributed by atoms with Crippen LogP contribution in [0.5, 0.6) is 0 Å². The second-order valence-corrected chi connectivity index (χ2v) is 7.67. The lowest BCUT2D eigenvalue weighted by Crippen LogP contribution is -2.46. The quantitative estimate of drug-likeness (QED) is 0.866. The molecule has 1 fully saturated rings. The summed E-state index contributed by atoms with van der Waals surface area (Å²) >= 11 is 7.45. The Bertz CT molecular complexity index is 744. The molecule has 1 atom stereocenters. The van der Waals surface area contributed by atoms with E-state index in [1.165, 1.54) is 11.3 Å². The van der Waals surface area contributed by atoms with Crippen molar-refractivity contribution in [3.05, 3.63) is 39.9 Å². The predicted molar refractivity (Wildman–Crippen MR) is 101 cm³/mol. The van der Waals surface area contributed by atoms with Gasteiger partial charge in [0.15, 0.2) is 0 Å². The second kappa shape index (κ2) is 8.27. The molecule has 0 saturated carbocycles. The number of nitrogens with one attached hydrogen (secondary N) is 1. The van der Waals surface area contributed by atoms with Crippen LogP contribution in [0.3, 0.4) is 0 Å². The highest BCUT2D eigenvalue weighted by Gasteiger charge is 2.20. The number of carbonyl (C=O) groups is 1. The van der Waals surface area contributed by atoms with Gasteiger partial charge in [0.2, 0.25) is 0 Å². The number of aryl methyl sites for hydroxylation is 1. The van der Waals surface area contributed by atoms with Gasteiger partial charge < -0.3 is 10.1 Å². The SMILES string of the molecule is Cc1nc(-c2cccc(Cl)c2)sc1C(=O)NC(C)CN1CCOCC1. The number of ether oxygens (including phenoxy) is 1. The first-order valence-electron chi connectivity index (χ1n) is 8.37. The molecule has 0 radical (unpaired) electrons. The fourth-order valence-electron chi connectivity index (χ4n) is 2.86. The van der Waals surface area contributed by atoms with Gasteiger partial charge >= 0.3 is 0 Å². The number of hydrogen-bond acceptors (Lipinski definition) is 5. The molecule has 1 aromatic heterocycles. The highest BCUT2D eigenvalue weighted by molar-refractivity contribution is 7.17. The summed E-state index contributed by atoms with van der Waals surface area (Å²) in [7, 11) is 0. The van der Waals surface area contributed by atoms with Crippen molar-refractivity contribution in [2.45, 2.75) is 19.9 Å². The lowest BCUT2D eigenvalue weighted by Gasteiger charge is -2.29. The largest absolute Gasteiger partial charge is 0.379 e. The molecule has 1 unspecified atom stereocenters. The maximum absolute atomic E-state index is 12.6. The van der Waals surface area contributed by atoms with Gasteiger partial charge in [-0.15, -0.1) is 11.3 Å². The Morgan fingerprint density at radius 2 is 2.20 bits per heavy atom. The van der Waals surface area contributed by atoms with Crippen molar-refractivity contribution in [1.29, 1.82) is 0 Å². The highest BCUT2D eigenvalue weighted by Crippen LogP contribution is 2.29. The van der Waals surface area contributed by atoms with Gasteiger partial charge in [-0.25, -0.2) is 4.98 Å². The number of amides is 1. The van der Waals surface area contributed by atoms with Gasteiger partial charge in [-0.05, 0) is 26.0 Å². The van der Waals surface area contributed by atoms with Crippen LogP contribution in [-0.2, 0) is 4.74 Å². The van der Waals surface area contributed by atoms with Crippen molar-refractivity contribution in [2.75, 3.05) is 32.8 Å². The molecule has 0 aliphatic carbocycles. The van der Waals surface area contributed by atoms with E-state index in [9.17, 15) is 4.79 Å². The second-order valence-electron chi connectivity index (χ2n) is 6.23. The Morgan fingerprint density at radius 3 is 2.92 bits per heavy atom. The maximum Gasteiger partial charge on any atom is 0.263 e. The van der Waals surface area contributed by atoms with Crippen molar-refractivity contribution in [3.8, 4) is 10.6 Å². The first-order chi connectivity index (χ1) is 12.0. The van der Waals surface area contributed by atoms with Crippen LogP contribution in [0.4, 0.5) is 0 Å². The van der Waals surface area contributed by atoms with E-state index in [1.807, 2.05) is 38.1 Å². The van der Waals surface area contributed by atoms with E-state index in [1.54, 1.807) is 0 Å². The Morgan fingerprint density at radius 1 is 1.44 bits per heavy atom. The van der Waals surface area contributed by atoms with E-state index in [4.69, 9.17) is 16.3 Å². The minimum atomic E-state index is -0.0657. The first kappa shape index (κ1) is 18.3. The summed E-state index contributed by atoms with van der Waals surface area (Å²) in [4.78, 5) is 20.1. The minimum Gasteiger partial charge on any atom is -0.379 e. The fraction of sp³-hybridized carbons (Fsp3) is 0.444. The van der Waals surface area contributed by atoms with Crippen LogP contribution in [0.1, 0.15) is 22.3 Å². The standard InChI is InChI=1S/C18H22ClN3O2S/c1-12(11-22-6-8-24-9-7-22)20-17(23)16-13(2)21-18(25-16)14-4-3-5-15(19)10-14/h3-5,10,12H,6-9,11H2,1-2H3,(H,20,23). The van der Waals surface area contributed by atoms with Crippen LogP contribution in [0.15, 0.2) is 24.3 Å². The van der Waals surface area contributed by atoms with Crippen molar-refractivity contribution in [2.24, 2.45) is 0 Å². The molecule has 7 heteroatoms. The number of rotatable bonds is 5. The van der Waals surface area contributed by atoms with Gasteiger partial charge in [-0.2, -0.15) is 0 Å². The van der Waals surface area contributed by atoms with E-state index in [-0.39, 0.29) is 11.9 Å².